The van der Waals surface area contributed by atoms with Crippen molar-refractivity contribution in [3.05, 3.63) is 95.8 Å². The summed E-state index contributed by atoms with van der Waals surface area (Å²) in [4.78, 5) is 66.5. The summed E-state index contributed by atoms with van der Waals surface area (Å²) >= 11 is 0. The molecule has 10 nitrogen and oxygen atoms in total. The van der Waals surface area contributed by atoms with Gasteiger partial charge in [0.1, 0.15) is 6.04 Å². The Morgan fingerprint density at radius 1 is 0.914 bits per heavy atom. The van der Waals surface area contributed by atoms with E-state index >= 15 is 0 Å². The lowest BCUT2D eigenvalue weighted by Gasteiger charge is -2.16. The van der Waals surface area contributed by atoms with Gasteiger partial charge in [-0.3, -0.25) is 29.6 Å². The molecule has 2 aromatic carbocycles. The molecule has 1 saturated heterocycles. The van der Waals surface area contributed by atoms with Gasteiger partial charge in [0.05, 0.1) is 23.2 Å². The van der Waals surface area contributed by atoms with Gasteiger partial charge < -0.3 is 4.74 Å². The summed E-state index contributed by atoms with van der Waals surface area (Å²) in [6.07, 6.45) is 2.74. The lowest BCUT2D eigenvalue weighted by atomic mass is 10.1. The van der Waals surface area contributed by atoms with E-state index in [0.717, 1.165) is 4.90 Å². The number of benzene rings is 2. The van der Waals surface area contributed by atoms with Crippen molar-refractivity contribution >= 4 is 35.2 Å². The first-order chi connectivity index (χ1) is 16.9. The number of pyridine rings is 1. The van der Waals surface area contributed by atoms with Crippen LogP contribution < -0.4 is 15.8 Å². The molecule has 176 valence electrons. The second-order valence-corrected chi connectivity index (χ2v) is 7.58. The zero-order valence-corrected chi connectivity index (χ0v) is 18.3. The van der Waals surface area contributed by atoms with Gasteiger partial charge in [-0.2, -0.15) is 0 Å². The second-order valence-electron chi connectivity index (χ2n) is 7.58. The van der Waals surface area contributed by atoms with Crippen LogP contribution in [0.1, 0.15) is 37.5 Å². The number of rotatable bonds is 8. The van der Waals surface area contributed by atoms with Crippen molar-refractivity contribution in [1.29, 1.82) is 0 Å². The molecule has 1 fully saturated rings. The van der Waals surface area contributed by atoms with Crippen LogP contribution >= 0.6 is 0 Å². The highest BCUT2D eigenvalue weighted by molar-refractivity contribution is 6.22. The first-order valence-corrected chi connectivity index (χ1v) is 10.6. The van der Waals surface area contributed by atoms with Crippen molar-refractivity contribution in [2.45, 2.75) is 12.5 Å². The van der Waals surface area contributed by atoms with Crippen molar-refractivity contribution in [3.8, 4) is 0 Å². The minimum atomic E-state index is -0.947. The summed E-state index contributed by atoms with van der Waals surface area (Å²) in [5.41, 5.74) is 6.14. The van der Waals surface area contributed by atoms with Gasteiger partial charge in [0.15, 0.2) is 12.4 Å². The molecule has 0 aliphatic carbocycles. The lowest BCUT2D eigenvalue weighted by molar-refractivity contribution is -0.121. The lowest BCUT2D eigenvalue weighted by Crippen LogP contribution is -2.48. The molecule has 10 heteroatoms. The van der Waals surface area contributed by atoms with E-state index in [1.165, 1.54) is 36.7 Å². The van der Waals surface area contributed by atoms with Crippen molar-refractivity contribution in [2.75, 3.05) is 11.5 Å². The van der Waals surface area contributed by atoms with Gasteiger partial charge in [-0.25, -0.2) is 15.1 Å². The SMILES string of the molecule is O=C(COC(=O)c1ccc(N2C(=O)CC(NNC(=O)c3cccnc3)C2=O)cc1)c1ccccc1. The van der Waals surface area contributed by atoms with Crippen LogP contribution in [0.4, 0.5) is 5.69 Å². The second kappa shape index (κ2) is 10.5. The molecular weight excluding hydrogens is 452 g/mol. The van der Waals surface area contributed by atoms with Crippen LogP contribution in [0.15, 0.2) is 79.1 Å². The molecule has 3 aromatic rings. The Labute approximate surface area is 199 Å². The number of carbonyl (C=O) groups is 5. The van der Waals surface area contributed by atoms with Gasteiger partial charge in [0, 0.05) is 18.0 Å². The maximum atomic E-state index is 12.7. The van der Waals surface area contributed by atoms with Crippen molar-refractivity contribution in [3.63, 3.8) is 0 Å². The first-order valence-electron chi connectivity index (χ1n) is 10.6. The molecule has 0 bridgehead atoms. The Hall–Kier alpha value is -4.70. The fourth-order valence-electron chi connectivity index (χ4n) is 3.41. The van der Waals surface area contributed by atoms with Gasteiger partial charge in [0.25, 0.3) is 11.8 Å². The molecular formula is C25H20N4O6. The molecule has 1 aliphatic rings. The Balaban J connectivity index is 1.33. The third kappa shape index (κ3) is 5.45. The zero-order valence-electron chi connectivity index (χ0n) is 18.3. The van der Waals surface area contributed by atoms with E-state index in [1.807, 2.05) is 0 Å². The summed E-state index contributed by atoms with van der Waals surface area (Å²) in [7, 11) is 0. The number of hydrazine groups is 1. The molecule has 0 radical (unpaired) electrons. The summed E-state index contributed by atoms with van der Waals surface area (Å²) < 4.78 is 5.07. The number of nitrogens with zero attached hydrogens (tertiary/aromatic N) is 2. The predicted octanol–water partition coefficient (Wildman–Crippen LogP) is 1.69. The van der Waals surface area contributed by atoms with Crippen LogP contribution in [-0.2, 0) is 14.3 Å². The van der Waals surface area contributed by atoms with Crippen LogP contribution in [-0.4, -0.2) is 47.1 Å². The average molecular weight is 472 g/mol. The molecule has 1 unspecified atom stereocenters. The van der Waals surface area contributed by atoms with E-state index in [2.05, 4.69) is 15.8 Å². The molecule has 35 heavy (non-hydrogen) atoms. The van der Waals surface area contributed by atoms with E-state index < -0.39 is 36.3 Å². The van der Waals surface area contributed by atoms with Crippen molar-refractivity contribution in [2.24, 2.45) is 0 Å². The summed E-state index contributed by atoms with van der Waals surface area (Å²) in [5, 5.41) is 0. The number of esters is 1. The minimum absolute atomic E-state index is 0.155. The van der Waals surface area contributed by atoms with Gasteiger partial charge in [-0.1, -0.05) is 30.3 Å². The standard InChI is InChI=1S/C25H20N4O6/c30-21(16-5-2-1-3-6-16)15-35-25(34)17-8-10-19(11-9-17)29-22(31)13-20(24(29)33)27-28-23(32)18-7-4-12-26-14-18/h1-12,14,20,27H,13,15H2,(H,28,32). The van der Waals surface area contributed by atoms with E-state index in [4.69, 9.17) is 4.74 Å². The molecule has 4 rings (SSSR count). The van der Waals surface area contributed by atoms with E-state index in [0.29, 0.717) is 11.1 Å². The molecule has 3 amide bonds. The number of aromatic nitrogens is 1. The maximum absolute atomic E-state index is 12.7. The number of ketones is 1. The van der Waals surface area contributed by atoms with E-state index in [9.17, 15) is 24.0 Å². The monoisotopic (exact) mass is 472 g/mol. The minimum Gasteiger partial charge on any atom is -0.454 e. The van der Waals surface area contributed by atoms with Gasteiger partial charge >= 0.3 is 5.97 Å². The van der Waals surface area contributed by atoms with Gasteiger partial charge in [-0.05, 0) is 36.4 Å². The molecule has 2 heterocycles. The number of amides is 3. The highest BCUT2D eigenvalue weighted by Gasteiger charge is 2.39. The zero-order chi connectivity index (χ0) is 24.8. The fraction of sp³-hybridized carbons (Fsp3) is 0.120. The van der Waals surface area contributed by atoms with Gasteiger partial charge in [0.2, 0.25) is 5.91 Å². The number of Topliss-reactive ketones (excluding diaryl/α,β-unsaturated/α-hetero) is 1. The smallest absolute Gasteiger partial charge is 0.338 e. The number of imide groups is 1. The summed E-state index contributed by atoms with van der Waals surface area (Å²) in [6, 6.07) is 16.3. The van der Waals surface area contributed by atoms with Crippen LogP contribution in [0, 0.1) is 0 Å². The third-order valence-corrected chi connectivity index (χ3v) is 5.22. The topological polar surface area (TPSA) is 135 Å². The number of carbonyl (C=O) groups excluding carboxylic acids is 5. The molecule has 0 saturated carbocycles. The Morgan fingerprint density at radius 3 is 2.31 bits per heavy atom. The third-order valence-electron chi connectivity index (χ3n) is 5.22. The number of nitrogens with one attached hydrogen (secondary N) is 2. The van der Waals surface area contributed by atoms with Crippen molar-refractivity contribution in [1.82, 2.24) is 15.8 Å². The average Bonchev–Trinajstić information content (AvgIpc) is 3.19. The van der Waals surface area contributed by atoms with Crippen LogP contribution in [0.25, 0.3) is 0 Å². The number of hydrogen-bond acceptors (Lipinski definition) is 8. The van der Waals surface area contributed by atoms with Crippen LogP contribution in [0.2, 0.25) is 0 Å². The number of ether oxygens (including phenoxy) is 1. The maximum Gasteiger partial charge on any atom is 0.338 e. The van der Waals surface area contributed by atoms with Gasteiger partial charge in [-0.15, -0.1) is 0 Å². The van der Waals surface area contributed by atoms with E-state index in [-0.39, 0.29) is 23.5 Å². The molecule has 0 spiro atoms. The highest BCUT2D eigenvalue weighted by atomic mass is 16.5. The van der Waals surface area contributed by atoms with E-state index in [1.54, 1.807) is 42.5 Å². The van der Waals surface area contributed by atoms with Crippen molar-refractivity contribution < 1.29 is 28.7 Å². The first kappa shape index (κ1) is 23.5. The Morgan fingerprint density at radius 2 is 1.63 bits per heavy atom. The van der Waals surface area contributed by atoms with Crippen LogP contribution in [0.3, 0.4) is 0 Å². The normalized spacial score (nSPS) is 15.1. The number of hydrogen-bond donors (Lipinski definition) is 2. The summed E-state index contributed by atoms with van der Waals surface area (Å²) in [5.74, 6) is -2.56. The molecule has 1 aromatic heterocycles. The molecule has 1 atom stereocenters. The Bertz CT molecular complexity index is 1260. The quantitative estimate of drug-likeness (QED) is 0.219. The van der Waals surface area contributed by atoms with Crippen LogP contribution in [0.5, 0.6) is 0 Å². The Kier molecular flexibility index (Phi) is 7.03. The predicted molar refractivity (Wildman–Crippen MR) is 123 cm³/mol. The highest BCUT2D eigenvalue weighted by Crippen LogP contribution is 2.23. The molecule has 2 N–H and O–H groups in total. The molecule has 1 aliphatic heterocycles. The largest absolute Gasteiger partial charge is 0.454 e. The fourth-order valence-corrected chi connectivity index (χ4v) is 3.41. The summed E-state index contributed by atoms with van der Waals surface area (Å²) in [6.45, 7) is -0.411. The number of anilines is 1.